The number of nitrogens with zero attached hydrogens (tertiary/aromatic N) is 1. The summed E-state index contributed by atoms with van der Waals surface area (Å²) in [4.78, 5) is 12.7. The molecule has 80 valence electrons. The fourth-order valence-corrected chi connectivity index (χ4v) is 1.95. The van der Waals surface area contributed by atoms with E-state index in [2.05, 4.69) is 15.9 Å². The number of hydrogen-bond donors (Lipinski definition) is 0. The molecular weight excluding hydrogens is 268 g/mol. The molecule has 1 aliphatic rings. The standard InChI is InChI=1S/C10H8BrF2NO/c11-6-4-9(8(13)5-7(6)12)14-3-1-2-10(14)15/h4-5H,1-3H2. The molecule has 1 saturated heterocycles. The van der Waals surface area contributed by atoms with Gasteiger partial charge in [-0.1, -0.05) is 0 Å². The molecule has 0 aromatic heterocycles. The number of carbonyl (C=O) groups excluding carboxylic acids is 1. The van der Waals surface area contributed by atoms with Gasteiger partial charge in [-0.2, -0.15) is 0 Å². The number of benzene rings is 1. The van der Waals surface area contributed by atoms with Gasteiger partial charge in [-0.3, -0.25) is 4.79 Å². The molecule has 0 bridgehead atoms. The Kier molecular flexibility index (Phi) is 2.73. The molecule has 0 unspecified atom stereocenters. The van der Waals surface area contributed by atoms with Crippen LogP contribution < -0.4 is 4.90 Å². The van der Waals surface area contributed by atoms with Crippen molar-refractivity contribution in [3.8, 4) is 0 Å². The summed E-state index contributed by atoms with van der Waals surface area (Å²) in [6.07, 6.45) is 1.14. The molecule has 1 aliphatic heterocycles. The summed E-state index contributed by atoms with van der Waals surface area (Å²) < 4.78 is 26.5. The lowest BCUT2D eigenvalue weighted by atomic mass is 10.2. The van der Waals surface area contributed by atoms with Gasteiger partial charge in [-0.05, 0) is 28.4 Å². The van der Waals surface area contributed by atoms with Crippen molar-refractivity contribution in [2.75, 3.05) is 11.4 Å². The van der Waals surface area contributed by atoms with Crippen molar-refractivity contribution in [2.24, 2.45) is 0 Å². The van der Waals surface area contributed by atoms with Gasteiger partial charge in [0.25, 0.3) is 0 Å². The zero-order chi connectivity index (χ0) is 11.0. The minimum Gasteiger partial charge on any atom is -0.310 e. The van der Waals surface area contributed by atoms with Gasteiger partial charge in [0.1, 0.15) is 11.6 Å². The fraction of sp³-hybridized carbons (Fsp3) is 0.300. The van der Waals surface area contributed by atoms with Gasteiger partial charge in [0.05, 0.1) is 10.2 Å². The van der Waals surface area contributed by atoms with Crippen LogP contribution in [0.15, 0.2) is 16.6 Å². The Morgan fingerprint density at radius 2 is 2.00 bits per heavy atom. The first-order valence-electron chi connectivity index (χ1n) is 4.54. The lowest BCUT2D eigenvalue weighted by Gasteiger charge is -2.16. The normalized spacial score (nSPS) is 16.2. The van der Waals surface area contributed by atoms with Crippen LogP contribution in [0.5, 0.6) is 0 Å². The van der Waals surface area contributed by atoms with E-state index < -0.39 is 11.6 Å². The van der Waals surface area contributed by atoms with Gasteiger partial charge in [0, 0.05) is 19.0 Å². The largest absolute Gasteiger partial charge is 0.310 e. The monoisotopic (exact) mass is 275 g/mol. The summed E-state index contributed by atoms with van der Waals surface area (Å²) in [7, 11) is 0. The van der Waals surface area contributed by atoms with Gasteiger partial charge in [0.15, 0.2) is 0 Å². The lowest BCUT2D eigenvalue weighted by Crippen LogP contribution is -2.24. The molecule has 1 amide bonds. The van der Waals surface area contributed by atoms with Gasteiger partial charge >= 0.3 is 0 Å². The average Bonchev–Trinajstić information content (AvgIpc) is 2.58. The third-order valence-corrected chi connectivity index (χ3v) is 2.96. The van der Waals surface area contributed by atoms with Gasteiger partial charge < -0.3 is 4.90 Å². The highest BCUT2D eigenvalue weighted by Gasteiger charge is 2.25. The summed E-state index contributed by atoms with van der Waals surface area (Å²) in [5.41, 5.74) is 0.144. The fourth-order valence-electron chi connectivity index (χ4n) is 1.62. The Labute approximate surface area is 94.0 Å². The zero-order valence-corrected chi connectivity index (χ0v) is 9.35. The molecule has 1 aromatic rings. The topological polar surface area (TPSA) is 20.3 Å². The summed E-state index contributed by atoms with van der Waals surface area (Å²) >= 11 is 2.97. The molecule has 5 heteroatoms. The summed E-state index contributed by atoms with van der Waals surface area (Å²) in [5, 5.41) is 0. The van der Waals surface area contributed by atoms with E-state index >= 15 is 0 Å². The predicted molar refractivity (Wildman–Crippen MR) is 55.6 cm³/mol. The van der Waals surface area contributed by atoms with Crippen LogP contribution in [-0.2, 0) is 4.79 Å². The molecule has 1 heterocycles. The number of rotatable bonds is 1. The highest BCUT2D eigenvalue weighted by atomic mass is 79.9. The number of halogens is 3. The first kappa shape index (κ1) is 10.5. The second-order valence-electron chi connectivity index (χ2n) is 3.37. The molecule has 2 rings (SSSR count). The molecule has 0 aliphatic carbocycles. The Hall–Kier alpha value is -0.970. The van der Waals surface area contributed by atoms with Crippen LogP contribution in [0.3, 0.4) is 0 Å². The predicted octanol–water partition coefficient (Wildman–Crippen LogP) is 2.85. The van der Waals surface area contributed by atoms with Crippen LogP contribution in [-0.4, -0.2) is 12.5 Å². The Morgan fingerprint density at radius 1 is 1.27 bits per heavy atom. The van der Waals surface area contributed by atoms with Gasteiger partial charge in [0.2, 0.25) is 5.91 Å². The number of anilines is 1. The molecular formula is C10H8BrF2NO. The average molecular weight is 276 g/mol. The summed E-state index contributed by atoms with van der Waals surface area (Å²) in [6.45, 7) is 0.494. The maximum atomic E-state index is 13.4. The van der Waals surface area contributed by atoms with E-state index in [1.54, 1.807) is 0 Å². The molecule has 0 spiro atoms. The van der Waals surface area contributed by atoms with Crippen molar-refractivity contribution in [3.63, 3.8) is 0 Å². The van der Waals surface area contributed by atoms with E-state index in [0.29, 0.717) is 19.4 Å². The minimum absolute atomic E-state index is 0.118. The van der Waals surface area contributed by atoms with Crippen molar-refractivity contribution in [2.45, 2.75) is 12.8 Å². The van der Waals surface area contributed by atoms with E-state index in [1.807, 2.05) is 0 Å². The van der Waals surface area contributed by atoms with Crippen LogP contribution in [0.4, 0.5) is 14.5 Å². The number of carbonyl (C=O) groups is 1. The molecule has 0 atom stereocenters. The zero-order valence-electron chi connectivity index (χ0n) is 7.77. The van der Waals surface area contributed by atoms with Crippen molar-refractivity contribution in [3.05, 3.63) is 28.2 Å². The Balaban J connectivity index is 2.43. The highest BCUT2D eigenvalue weighted by Crippen LogP contribution is 2.29. The molecule has 1 fully saturated rings. The van der Waals surface area contributed by atoms with Crippen LogP contribution in [0.2, 0.25) is 0 Å². The smallest absolute Gasteiger partial charge is 0.227 e. The van der Waals surface area contributed by atoms with Crippen molar-refractivity contribution in [1.29, 1.82) is 0 Å². The van der Waals surface area contributed by atoms with Crippen LogP contribution in [0.25, 0.3) is 0 Å². The van der Waals surface area contributed by atoms with E-state index in [9.17, 15) is 13.6 Å². The Bertz CT molecular complexity index is 422. The molecule has 15 heavy (non-hydrogen) atoms. The highest BCUT2D eigenvalue weighted by molar-refractivity contribution is 9.10. The second-order valence-corrected chi connectivity index (χ2v) is 4.22. The molecule has 1 aromatic carbocycles. The lowest BCUT2D eigenvalue weighted by molar-refractivity contribution is -0.117. The van der Waals surface area contributed by atoms with Crippen molar-refractivity contribution < 1.29 is 13.6 Å². The summed E-state index contributed by atoms with van der Waals surface area (Å²) in [5.74, 6) is -1.48. The maximum absolute atomic E-state index is 13.4. The second kappa shape index (κ2) is 3.89. The summed E-state index contributed by atoms with van der Waals surface area (Å²) in [6, 6.07) is 2.08. The molecule has 0 radical (unpaired) electrons. The van der Waals surface area contributed by atoms with E-state index in [1.165, 1.54) is 11.0 Å². The minimum atomic E-state index is -0.703. The first-order chi connectivity index (χ1) is 7.09. The van der Waals surface area contributed by atoms with E-state index in [-0.39, 0.29) is 16.1 Å². The van der Waals surface area contributed by atoms with E-state index in [4.69, 9.17) is 0 Å². The molecule has 0 N–H and O–H groups in total. The quantitative estimate of drug-likeness (QED) is 0.722. The van der Waals surface area contributed by atoms with Gasteiger partial charge in [-0.25, -0.2) is 8.78 Å². The SMILES string of the molecule is O=C1CCCN1c1cc(Br)c(F)cc1F. The molecule has 0 saturated carbocycles. The van der Waals surface area contributed by atoms with Crippen LogP contribution >= 0.6 is 15.9 Å². The first-order valence-corrected chi connectivity index (χ1v) is 5.34. The van der Waals surface area contributed by atoms with Crippen molar-refractivity contribution >= 4 is 27.5 Å². The number of amides is 1. The van der Waals surface area contributed by atoms with Crippen LogP contribution in [0, 0.1) is 11.6 Å². The third-order valence-electron chi connectivity index (χ3n) is 2.35. The molecule has 2 nitrogen and oxygen atoms in total. The van der Waals surface area contributed by atoms with Crippen LogP contribution in [0.1, 0.15) is 12.8 Å². The number of hydrogen-bond acceptors (Lipinski definition) is 1. The maximum Gasteiger partial charge on any atom is 0.227 e. The Morgan fingerprint density at radius 3 is 2.60 bits per heavy atom. The van der Waals surface area contributed by atoms with E-state index in [0.717, 1.165) is 6.07 Å². The van der Waals surface area contributed by atoms with Gasteiger partial charge in [-0.15, -0.1) is 0 Å². The third kappa shape index (κ3) is 1.88. The van der Waals surface area contributed by atoms with Crippen molar-refractivity contribution in [1.82, 2.24) is 0 Å².